The number of pyridine rings is 1. The molecule has 0 amide bonds. The van der Waals surface area contributed by atoms with Crippen LogP contribution in [0.2, 0.25) is 0 Å². The van der Waals surface area contributed by atoms with Gasteiger partial charge in [0.2, 0.25) is 10.0 Å². The van der Waals surface area contributed by atoms with Gasteiger partial charge in [-0.1, -0.05) is 18.8 Å². The molecule has 0 bridgehead atoms. The van der Waals surface area contributed by atoms with E-state index < -0.39 is 10.0 Å². The Kier molecular flexibility index (Phi) is 5.78. The lowest BCUT2D eigenvalue weighted by Crippen LogP contribution is -2.24. The van der Waals surface area contributed by atoms with Gasteiger partial charge in [-0.15, -0.1) is 0 Å². The minimum atomic E-state index is -3.51. The SMILES string of the molecule is CCCNS(=O)(=O)c1cncc(C#CCCO)c1. The molecule has 6 heteroatoms. The van der Waals surface area contributed by atoms with Crippen LogP contribution in [0.5, 0.6) is 0 Å². The molecule has 1 aromatic heterocycles. The zero-order valence-corrected chi connectivity index (χ0v) is 11.0. The van der Waals surface area contributed by atoms with Crippen LogP contribution in [0.4, 0.5) is 0 Å². The van der Waals surface area contributed by atoms with E-state index in [0.29, 0.717) is 18.5 Å². The van der Waals surface area contributed by atoms with E-state index >= 15 is 0 Å². The van der Waals surface area contributed by atoms with E-state index in [1.54, 1.807) is 0 Å². The van der Waals surface area contributed by atoms with Crippen molar-refractivity contribution in [2.75, 3.05) is 13.2 Å². The Hall–Kier alpha value is -1.42. The lowest BCUT2D eigenvalue weighted by molar-refractivity contribution is 0.305. The molecular formula is C12H16N2O3S. The molecule has 0 radical (unpaired) electrons. The average molecular weight is 268 g/mol. The summed E-state index contributed by atoms with van der Waals surface area (Å²) in [6.07, 6.45) is 3.85. The molecule has 1 aromatic rings. The van der Waals surface area contributed by atoms with E-state index in [1.165, 1.54) is 18.5 Å². The monoisotopic (exact) mass is 268 g/mol. The van der Waals surface area contributed by atoms with Crippen LogP contribution in [0.3, 0.4) is 0 Å². The van der Waals surface area contributed by atoms with Crippen LogP contribution in [-0.4, -0.2) is 31.7 Å². The number of nitrogens with one attached hydrogen (secondary N) is 1. The first-order chi connectivity index (χ1) is 8.60. The highest BCUT2D eigenvalue weighted by atomic mass is 32.2. The van der Waals surface area contributed by atoms with Crippen molar-refractivity contribution >= 4 is 10.0 Å². The normalized spacial score (nSPS) is 10.8. The van der Waals surface area contributed by atoms with Crippen molar-refractivity contribution in [3.05, 3.63) is 24.0 Å². The third-order valence-electron chi connectivity index (χ3n) is 2.04. The standard InChI is InChI=1S/C12H16N2O3S/c1-2-6-14-18(16,17)12-8-11(9-13-10-12)5-3-4-7-15/h8-10,14-15H,2,4,6-7H2,1H3. The third kappa shape index (κ3) is 4.45. The van der Waals surface area contributed by atoms with Crippen molar-refractivity contribution in [1.82, 2.24) is 9.71 Å². The van der Waals surface area contributed by atoms with E-state index in [4.69, 9.17) is 5.11 Å². The molecule has 2 N–H and O–H groups in total. The fraction of sp³-hybridized carbons (Fsp3) is 0.417. The molecule has 1 heterocycles. The number of hydrogen-bond donors (Lipinski definition) is 2. The van der Waals surface area contributed by atoms with E-state index in [0.717, 1.165) is 6.42 Å². The molecule has 0 saturated heterocycles. The zero-order valence-electron chi connectivity index (χ0n) is 10.2. The number of aliphatic hydroxyl groups is 1. The van der Waals surface area contributed by atoms with Crippen molar-refractivity contribution in [2.45, 2.75) is 24.7 Å². The van der Waals surface area contributed by atoms with Crippen LogP contribution < -0.4 is 4.72 Å². The van der Waals surface area contributed by atoms with Gasteiger partial charge in [-0.05, 0) is 12.5 Å². The summed E-state index contributed by atoms with van der Waals surface area (Å²) < 4.78 is 26.1. The Labute approximate surface area is 107 Å². The molecule has 5 nitrogen and oxygen atoms in total. The van der Waals surface area contributed by atoms with Crippen LogP contribution in [-0.2, 0) is 10.0 Å². The van der Waals surface area contributed by atoms with Gasteiger partial charge >= 0.3 is 0 Å². The Bertz CT molecular complexity index is 544. The molecule has 0 spiro atoms. The van der Waals surface area contributed by atoms with Crippen molar-refractivity contribution < 1.29 is 13.5 Å². The molecule has 0 aliphatic heterocycles. The highest BCUT2D eigenvalue weighted by Crippen LogP contribution is 2.08. The zero-order chi connectivity index (χ0) is 13.4. The number of hydrogen-bond acceptors (Lipinski definition) is 4. The van der Waals surface area contributed by atoms with Gasteiger partial charge in [0.1, 0.15) is 4.90 Å². The van der Waals surface area contributed by atoms with Crippen molar-refractivity contribution in [1.29, 1.82) is 0 Å². The summed E-state index contributed by atoms with van der Waals surface area (Å²) in [5.74, 6) is 5.47. The van der Waals surface area contributed by atoms with Crippen LogP contribution in [0.15, 0.2) is 23.4 Å². The summed E-state index contributed by atoms with van der Waals surface area (Å²) in [4.78, 5) is 3.96. The molecule has 0 aromatic carbocycles. The largest absolute Gasteiger partial charge is 0.395 e. The van der Waals surface area contributed by atoms with Gasteiger partial charge in [-0.2, -0.15) is 0 Å². The predicted molar refractivity (Wildman–Crippen MR) is 68.3 cm³/mol. The van der Waals surface area contributed by atoms with Crippen molar-refractivity contribution in [3.63, 3.8) is 0 Å². The van der Waals surface area contributed by atoms with E-state index in [2.05, 4.69) is 21.5 Å². The maximum Gasteiger partial charge on any atom is 0.242 e. The maximum absolute atomic E-state index is 11.8. The van der Waals surface area contributed by atoms with E-state index in [9.17, 15) is 8.42 Å². The molecule has 0 aliphatic carbocycles. The Morgan fingerprint density at radius 3 is 2.89 bits per heavy atom. The second kappa shape index (κ2) is 7.11. The summed E-state index contributed by atoms with van der Waals surface area (Å²) in [5, 5.41) is 8.60. The van der Waals surface area contributed by atoms with Gasteiger partial charge in [-0.25, -0.2) is 13.1 Å². The fourth-order valence-corrected chi connectivity index (χ4v) is 2.30. The van der Waals surface area contributed by atoms with Crippen LogP contribution in [0.1, 0.15) is 25.3 Å². The topological polar surface area (TPSA) is 79.3 Å². The molecular weight excluding hydrogens is 252 g/mol. The molecule has 0 atom stereocenters. The van der Waals surface area contributed by atoms with Crippen LogP contribution >= 0.6 is 0 Å². The third-order valence-corrected chi connectivity index (χ3v) is 3.46. The lowest BCUT2D eigenvalue weighted by atomic mass is 10.3. The number of aromatic nitrogens is 1. The highest BCUT2D eigenvalue weighted by Gasteiger charge is 2.13. The summed E-state index contributed by atoms with van der Waals surface area (Å²) in [5.41, 5.74) is 0.517. The Morgan fingerprint density at radius 1 is 1.44 bits per heavy atom. The number of nitrogens with zero attached hydrogens (tertiary/aromatic N) is 1. The predicted octanol–water partition coefficient (Wildman–Crippen LogP) is 0.504. The Morgan fingerprint density at radius 2 is 2.22 bits per heavy atom. The summed E-state index contributed by atoms with van der Waals surface area (Å²) in [6, 6.07) is 1.47. The van der Waals surface area contributed by atoms with Gasteiger partial charge in [0.25, 0.3) is 0 Å². The maximum atomic E-state index is 11.8. The first-order valence-electron chi connectivity index (χ1n) is 5.64. The van der Waals surface area contributed by atoms with Crippen LogP contribution in [0.25, 0.3) is 0 Å². The molecule has 0 unspecified atom stereocenters. The van der Waals surface area contributed by atoms with Gasteiger partial charge in [0.05, 0.1) is 6.61 Å². The minimum absolute atomic E-state index is 0.0174. The molecule has 1 rings (SSSR count). The summed E-state index contributed by atoms with van der Waals surface area (Å²) in [7, 11) is -3.51. The summed E-state index contributed by atoms with van der Waals surface area (Å²) >= 11 is 0. The highest BCUT2D eigenvalue weighted by molar-refractivity contribution is 7.89. The fourth-order valence-electron chi connectivity index (χ4n) is 1.17. The van der Waals surface area contributed by atoms with E-state index in [-0.39, 0.29) is 11.5 Å². The quantitative estimate of drug-likeness (QED) is 0.762. The van der Waals surface area contributed by atoms with Crippen LogP contribution in [0, 0.1) is 11.8 Å². The first kappa shape index (κ1) is 14.6. The van der Waals surface area contributed by atoms with Gasteiger partial charge in [-0.3, -0.25) is 4.98 Å². The van der Waals surface area contributed by atoms with Gasteiger partial charge in [0.15, 0.2) is 0 Å². The average Bonchev–Trinajstić information content (AvgIpc) is 2.37. The van der Waals surface area contributed by atoms with Crippen molar-refractivity contribution in [3.8, 4) is 11.8 Å². The number of rotatable bonds is 5. The van der Waals surface area contributed by atoms with Gasteiger partial charge < -0.3 is 5.11 Å². The minimum Gasteiger partial charge on any atom is -0.395 e. The summed E-state index contributed by atoms with van der Waals surface area (Å²) in [6.45, 7) is 2.26. The lowest BCUT2D eigenvalue weighted by Gasteiger charge is -2.04. The molecule has 98 valence electrons. The van der Waals surface area contributed by atoms with Gasteiger partial charge in [0, 0.05) is 30.9 Å². The molecule has 0 fully saturated rings. The molecule has 0 saturated carbocycles. The van der Waals surface area contributed by atoms with Crippen molar-refractivity contribution in [2.24, 2.45) is 0 Å². The smallest absolute Gasteiger partial charge is 0.242 e. The molecule has 0 aliphatic rings. The second-order valence-corrected chi connectivity index (χ2v) is 5.35. The van der Waals surface area contributed by atoms with E-state index in [1.807, 2.05) is 6.92 Å². The first-order valence-corrected chi connectivity index (χ1v) is 7.13. The second-order valence-electron chi connectivity index (χ2n) is 3.58. The number of aliphatic hydroxyl groups excluding tert-OH is 1. The number of sulfonamides is 1. The molecule has 18 heavy (non-hydrogen) atoms. The Balaban J connectivity index is 2.92.